The molecule has 1 rings (SSSR count). The van der Waals surface area contributed by atoms with E-state index in [1.165, 1.54) is 6.92 Å². The number of halogens is 2. The number of alkyl carbamates (subject to hydrolysis) is 1. The van der Waals surface area contributed by atoms with E-state index < -0.39 is 36.5 Å². The van der Waals surface area contributed by atoms with Crippen LogP contribution >= 0.6 is 0 Å². The normalized spacial score (nSPS) is 11.6. The molecule has 7 nitrogen and oxygen atoms in total. The Kier molecular flexibility index (Phi) is 12.2. The molecule has 0 aliphatic rings. The van der Waals surface area contributed by atoms with E-state index in [0.29, 0.717) is 6.61 Å². The average molecular weight is 416 g/mol. The fourth-order valence-corrected chi connectivity index (χ4v) is 1.97. The minimum absolute atomic E-state index is 0.190. The van der Waals surface area contributed by atoms with Crippen molar-refractivity contribution < 1.29 is 32.6 Å². The van der Waals surface area contributed by atoms with Gasteiger partial charge in [0.2, 0.25) is 12.3 Å². The maximum atomic E-state index is 12.6. The minimum Gasteiger partial charge on any atom is -0.466 e. The molecular formula is C20H30F2N2O5. The average Bonchev–Trinajstić information content (AvgIpc) is 2.58. The Hall–Kier alpha value is -2.71. The lowest BCUT2D eigenvalue weighted by atomic mass is 10.1. The summed E-state index contributed by atoms with van der Waals surface area (Å²) < 4.78 is 34.6. The van der Waals surface area contributed by atoms with E-state index in [4.69, 9.17) is 4.74 Å². The van der Waals surface area contributed by atoms with Gasteiger partial charge in [-0.3, -0.25) is 9.59 Å². The van der Waals surface area contributed by atoms with Crippen molar-refractivity contribution in [2.24, 2.45) is 0 Å². The van der Waals surface area contributed by atoms with Gasteiger partial charge in [0.25, 0.3) is 0 Å². The summed E-state index contributed by atoms with van der Waals surface area (Å²) in [5, 5.41) is 4.72. The van der Waals surface area contributed by atoms with E-state index >= 15 is 0 Å². The summed E-state index contributed by atoms with van der Waals surface area (Å²) in [5.41, 5.74) is 0.0499. The van der Waals surface area contributed by atoms with Gasteiger partial charge in [-0.1, -0.05) is 30.3 Å². The van der Waals surface area contributed by atoms with Crippen LogP contribution in [0.25, 0.3) is 0 Å². The number of ether oxygens (including phenoxy) is 2. The lowest BCUT2D eigenvalue weighted by Gasteiger charge is -2.23. The highest BCUT2D eigenvalue weighted by molar-refractivity contribution is 5.85. The number of esters is 1. The maximum absolute atomic E-state index is 12.6. The van der Waals surface area contributed by atoms with Crippen LogP contribution in [-0.4, -0.2) is 42.6 Å². The molecule has 0 saturated carbocycles. The van der Waals surface area contributed by atoms with Crippen LogP contribution in [0.5, 0.6) is 0 Å². The summed E-state index contributed by atoms with van der Waals surface area (Å²) in [6.45, 7) is 8.77. The number of alkyl halides is 2. The molecule has 0 heterocycles. The van der Waals surface area contributed by atoms with Crippen molar-refractivity contribution in [3.63, 3.8) is 0 Å². The van der Waals surface area contributed by atoms with E-state index in [1.807, 2.05) is 6.07 Å². The molecule has 0 fully saturated rings. The molecule has 0 bridgehead atoms. The van der Waals surface area contributed by atoms with Gasteiger partial charge in [0.05, 0.1) is 6.61 Å². The van der Waals surface area contributed by atoms with Crippen LogP contribution in [0.3, 0.4) is 0 Å². The van der Waals surface area contributed by atoms with Crippen LogP contribution in [0.1, 0.15) is 46.6 Å². The first-order valence-corrected chi connectivity index (χ1v) is 9.17. The van der Waals surface area contributed by atoms with Crippen LogP contribution < -0.4 is 10.6 Å². The summed E-state index contributed by atoms with van der Waals surface area (Å²) in [6, 6.07) is 7.67. The van der Waals surface area contributed by atoms with Crippen molar-refractivity contribution in [3.05, 3.63) is 35.9 Å². The number of amides is 2. The Morgan fingerprint density at radius 3 is 2.10 bits per heavy atom. The minimum atomic E-state index is -2.72. The van der Waals surface area contributed by atoms with Gasteiger partial charge in [0.15, 0.2) is 0 Å². The van der Waals surface area contributed by atoms with Gasteiger partial charge in [-0.05, 0) is 33.3 Å². The monoisotopic (exact) mass is 416 g/mol. The highest BCUT2D eigenvalue weighted by atomic mass is 19.3. The number of rotatable bonds is 7. The summed E-state index contributed by atoms with van der Waals surface area (Å²) in [7, 11) is 0. The predicted molar refractivity (Wildman–Crippen MR) is 104 cm³/mol. The number of carbonyl (C=O) groups is 3. The fourth-order valence-electron chi connectivity index (χ4n) is 1.97. The Balaban J connectivity index is 0.00000113. The molecule has 1 atom stereocenters. The molecule has 1 unspecified atom stereocenters. The number of nitrogens with one attached hydrogen (secondary N) is 2. The van der Waals surface area contributed by atoms with Gasteiger partial charge in [-0.25, -0.2) is 13.6 Å². The van der Waals surface area contributed by atoms with Gasteiger partial charge in [-0.15, -0.1) is 0 Å². The maximum Gasteiger partial charge on any atom is 0.408 e. The Bertz CT molecular complexity index is 634. The molecule has 2 N–H and O–H groups in total. The lowest BCUT2D eigenvalue weighted by Crippen LogP contribution is -2.48. The summed E-state index contributed by atoms with van der Waals surface area (Å²) in [4.78, 5) is 33.5. The largest absolute Gasteiger partial charge is 0.466 e. The van der Waals surface area contributed by atoms with Crippen molar-refractivity contribution in [2.75, 3.05) is 6.61 Å². The number of carbonyl (C=O) groups excluding carboxylic acids is 3. The SMILES string of the molecule is CC(C)(C)OC(=O)NC(CC(F)F)C(=O)NCc1ccccc1.CCOC(C)=O. The second-order valence-electron chi connectivity index (χ2n) is 6.95. The van der Waals surface area contributed by atoms with E-state index in [1.54, 1.807) is 52.0 Å². The quantitative estimate of drug-likeness (QED) is 0.665. The molecule has 1 aromatic carbocycles. The van der Waals surface area contributed by atoms with Crippen LogP contribution in [-0.2, 0) is 25.6 Å². The van der Waals surface area contributed by atoms with E-state index in [2.05, 4.69) is 15.4 Å². The predicted octanol–water partition coefficient (Wildman–Crippen LogP) is 3.42. The van der Waals surface area contributed by atoms with Crippen molar-refractivity contribution in [1.29, 1.82) is 0 Å². The van der Waals surface area contributed by atoms with E-state index in [-0.39, 0.29) is 12.5 Å². The van der Waals surface area contributed by atoms with Gasteiger partial charge >= 0.3 is 12.1 Å². The molecule has 0 aliphatic carbocycles. The third-order valence-electron chi connectivity index (χ3n) is 3.08. The number of hydrogen-bond donors (Lipinski definition) is 2. The zero-order valence-corrected chi connectivity index (χ0v) is 17.5. The topological polar surface area (TPSA) is 93.7 Å². The number of hydrogen-bond acceptors (Lipinski definition) is 5. The smallest absolute Gasteiger partial charge is 0.408 e. The Morgan fingerprint density at radius 1 is 1.10 bits per heavy atom. The molecule has 0 spiro atoms. The standard InChI is InChI=1S/C16H22F2N2O3.C4H8O2/c1-16(2,3)23-15(22)20-12(9-13(17)18)14(21)19-10-11-7-5-4-6-8-11;1-3-6-4(2)5/h4-8,12-13H,9-10H2,1-3H3,(H,19,21)(H,20,22);3H2,1-2H3. The lowest BCUT2D eigenvalue weighted by molar-refractivity contribution is -0.140. The molecule has 0 aliphatic heterocycles. The van der Waals surface area contributed by atoms with Gasteiger partial charge < -0.3 is 20.1 Å². The van der Waals surface area contributed by atoms with Crippen LogP contribution in [0.2, 0.25) is 0 Å². The Morgan fingerprint density at radius 2 is 1.69 bits per heavy atom. The van der Waals surface area contributed by atoms with Crippen LogP contribution in [0.15, 0.2) is 30.3 Å². The molecule has 1 aromatic rings. The first-order valence-electron chi connectivity index (χ1n) is 9.17. The van der Waals surface area contributed by atoms with Crippen molar-refractivity contribution >= 4 is 18.0 Å². The highest BCUT2D eigenvalue weighted by Crippen LogP contribution is 2.09. The van der Waals surface area contributed by atoms with Crippen LogP contribution in [0, 0.1) is 0 Å². The zero-order valence-electron chi connectivity index (χ0n) is 17.5. The Labute approximate surface area is 170 Å². The van der Waals surface area contributed by atoms with Gasteiger partial charge in [-0.2, -0.15) is 0 Å². The second-order valence-corrected chi connectivity index (χ2v) is 6.95. The van der Waals surface area contributed by atoms with Gasteiger partial charge in [0.1, 0.15) is 11.6 Å². The van der Waals surface area contributed by atoms with Crippen molar-refractivity contribution in [2.45, 2.75) is 65.7 Å². The fraction of sp³-hybridized carbons (Fsp3) is 0.550. The molecule has 9 heteroatoms. The van der Waals surface area contributed by atoms with Gasteiger partial charge in [0, 0.05) is 19.9 Å². The second kappa shape index (κ2) is 13.5. The molecule has 29 heavy (non-hydrogen) atoms. The first-order chi connectivity index (χ1) is 13.4. The summed E-state index contributed by atoms with van der Waals surface area (Å²) >= 11 is 0. The third-order valence-corrected chi connectivity index (χ3v) is 3.08. The van der Waals surface area contributed by atoms with Crippen LogP contribution in [0.4, 0.5) is 13.6 Å². The first kappa shape index (κ1) is 26.3. The van der Waals surface area contributed by atoms with E-state index in [9.17, 15) is 23.2 Å². The molecular weight excluding hydrogens is 386 g/mol. The molecule has 164 valence electrons. The summed E-state index contributed by atoms with van der Waals surface area (Å²) in [5.74, 6) is -0.891. The molecule has 0 radical (unpaired) electrons. The molecule has 0 saturated heterocycles. The summed E-state index contributed by atoms with van der Waals surface area (Å²) in [6.07, 6.45) is -4.41. The van der Waals surface area contributed by atoms with Crippen molar-refractivity contribution in [3.8, 4) is 0 Å². The van der Waals surface area contributed by atoms with Crippen molar-refractivity contribution in [1.82, 2.24) is 10.6 Å². The molecule has 0 aromatic heterocycles. The third kappa shape index (κ3) is 15.0. The van der Waals surface area contributed by atoms with E-state index in [0.717, 1.165) is 5.56 Å². The number of benzene rings is 1. The highest BCUT2D eigenvalue weighted by Gasteiger charge is 2.27. The molecule has 2 amide bonds. The zero-order chi connectivity index (χ0) is 22.4.